The standard InChI is InChI=1S/C20H14O6S2.C16H16N2.C8H6O3S.2C6H15N.ClH/c1-12(10-17-19(21)13-6-2-4-8-15(13)27(17,23)24)11-18-20(22)14-7-3-5-9-16(14)28(18,25)26;1-14(12-17-15-8-4-2-5-9-15)13-18-16-10-6-3-7-11-16;9-7-5-12(10,11)8-4-2-1-3-6(7)8;2*1-4-7(5-2)6-3;/h2-11,21H,1H3;2-13,17H,1H3;1-4H,5H2;2*4-6H2,1-3H3;1H. The highest BCUT2D eigenvalue weighted by Gasteiger charge is 2.39. The Hall–Kier alpha value is -6.27. The van der Waals surface area contributed by atoms with Crippen LogP contribution in [0.1, 0.15) is 81.7 Å². The molecule has 0 saturated carbocycles. The average Bonchev–Trinajstić information content (AvgIpc) is 3.83. The van der Waals surface area contributed by atoms with Gasteiger partial charge in [0.15, 0.2) is 15.6 Å². The van der Waals surface area contributed by atoms with Gasteiger partial charge in [-0.2, -0.15) is 0 Å². The zero-order chi connectivity index (χ0) is 53.1. The van der Waals surface area contributed by atoms with E-state index in [9.17, 15) is 39.9 Å². The number of fused-ring (bicyclic) bond motifs is 3. The highest BCUT2D eigenvalue weighted by atomic mass is 35.5. The molecule has 0 unspecified atom stereocenters. The van der Waals surface area contributed by atoms with Gasteiger partial charge in [0, 0.05) is 34.8 Å². The zero-order valence-electron chi connectivity index (χ0n) is 42.6. The van der Waals surface area contributed by atoms with E-state index in [-0.39, 0.29) is 60.2 Å². The molecule has 0 bridgehead atoms. The van der Waals surface area contributed by atoms with Crippen molar-refractivity contribution >= 4 is 76.8 Å². The van der Waals surface area contributed by atoms with Gasteiger partial charge in [-0.25, -0.2) is 25.3 Å². The van der Waals surface area contributed by atoms with Crippen molar-refractivity contribution in [2.24, 2.45) is 4.99 Å². The van der Waals surface area contributed by atoms with Crippen LogP contribution in [0.5, 0.6) is 0 Å². The van der Waals surface area contributed by atoms with Crippen LogP contribution in [0.25, 0.3) is 5.76 Å². The maximum atomic E-state index is 12.7. The van der Waals surface area contributed by atoms with Gasteiger partial charge < -0.3 is 20.2 Å². The molecular weight excluding hydrogens is 1000 g/mol. The molecule has 73 heavy (non-hydrogen) atoms. The molecule has 390 valence electrons. The Morgan fingerprint density at radius 3 is 1.48 bits per heavy atom. The molecule has 0 atom stereocenters. The molecule has 5 aromatic rings. The lowest BCUT2D eigenvalue weighted by molar-refractivity contribution is 0.102. The smallest absolute Gasteiger partial charge is 0.211 e. The highest BCUT2D eigenvalue weighted by molar-refractivity contribution is 7.97. The van der Waals surface area contributed by atoms with Gasteiger partial charge in [-0.15, -0.1) is 12.4 Å². The molecule has 3 aliphatic heterocycles. The van der Waals surface area contributed by atoms with Gasteiger partial charge in [-0.1, -0.05) is 120 Å². The number of aliphatic imine (C=N–C) groups is 1. The van der Waals surface area contributed by atoms with Crippen LogP contribution in [0.4, 0.5) is 11.4 Å². The third kappa shape index (κ3) is 16.4. The van der Waals surface area contributed by atoms with Crippen LogP contribution in [0.2, 0.25) is 0 Å². The lowest BCUT2D eigenvalue weighted by atomic mass is 10.1. The fraction of sp³-hybridized carbons (Fsp3) is 0.268. The Balaban J connectivity index is 0.000000268. The number of anilines is 1. The van der Waals surface area contributed by atoms with E-state index in [1.165, 1.54) is 88.7 Å². The number of aliphatic hydroxyl groups excluding tert-OH is 1. The number of nitrogens with zero attached hydrogens (tertiary/aromatic N) is 3. The van der Waals surface area contributed by atoms with Crippen molar-refractivity contribution in [3.8, 4) is 0 Å². The molecule has 0 amide bonds. The third-order valence-corrected chi connectivity index (χ3v) is 16.9. The van der Waals surface area contributed by atoms with Crippen molar-refractivity contribution in [2.75, 3.05) is 50.3 Å². The number of allylic oxidation sites excluding steroid dienone is 5. The van der Waals surface area contributed by atoms with Crippen molar-refractivity contribution in [3.63, 3.8) is 0 Å². The van der Waals surface area contributed by atoms with Gasteiger partial charge in [0.1, 0.15) is 21.3 Å². The monoisotopic (exact) mass is 1070 g/mol. The summed E-state index contributed by atoms with van der Waals surface area (Å²) in [4.78, 5) is 32.1. The molecule has 3 aliphatic rings. The molecule has 17 heteroatoms. The van der Waals surface area contributed by atoms with E-state index in [0.717, 1.165) is 23.0 Å². The number of Topliss-reactive ketones (excluding diaryl/α,β-unsaturated/α-hetero) is 2. The number of aliphatic hydroxyl groups is 1. The molecule has 0 saturated heterocycles. The number of hydrogen-bond donors (Lipinski definition) is 2. The molecule has 13 nitrogen and oxygen atoms in total. The minimum absolute atomic E-state index is 0. The van der Waals surface area contributed by atoms with Crippen LogP contribution >= 0.6 is 12.4 Å². The molecule has 0 aromatic heterocycles. The summed E-state index contributed by atoms with van der Waals surface area (Å²) in [6.45, 7) is 23.7. The Bertz CT molecular complexity index is 3140. The first-order chi connectivity index (χ1) is 34.3. The van der Waals surface area contributed by atoms with Crippen LogP contribution in [0.3, 0.4) is 0 Å². The van der Waals surface area contributed by atoms with Crippen LogP contribution in [0.15, 0.2) is 192 Å². The topological polar surface area (TPSA) is 188 Å². The predicted octanol–water partition coefficient (Wildman–Crippen LogP) is 11.4. The van der Waals surface area contributed by atoms with Crippen molar-refractivity contribution in [2.45, 2.75) is 70.1 Å². The van der Waals surface area contributed by atoms with Crippen molar-refractivity contribution in [1.29, 1.82) is 0 Å². The molecule has 0 radical (unpaired) electrons. The van der Waals surface area contributed by atoms with Gasteiger partial charge in [-0.3, -0.25) is 14.6 Å². The van der Waals surface area contributed by atoms with E-state index >= 15 is 0 Å². The summed E-state index contributed by atoms with van der Waals surface area (Å²) >= 11 is 0. The molecule has 0 aliphatic carbocycles. The van der Waals surface area contributed by atoms with E-state index in [1.807, 2.05) is 80.0 Å². The quantitative estimate of drug-likeness (QED) is 0.0890. The first kappa shape index (κ1) is 61.0. The first-order valence-corrected chi connectivity index (χ1v) is 28.4. The minimum atomic E-state index is -3.98. The second-order valence-electron chi connectivity index (χ2n) is 16.3. The third-order valence-electron chi connectivity index (χ3n) is 11.5. The molecule has 0 spiro atoms. The zero-order valence-corrected chi connectivity index (χ0v) is 45.9. The number of halogens is 1. The predicted molar refractivity (Wildman–Crippen MR) is 298 cm³/mol. The second kappa shape index (κ2) is 28.8. The number of para-hydroxylation sites is 2. The summed E-state index contributed by atoms with van der Waals surface area (Å²) in [7, 11) is -11.2. The van der Waals surface area contributed by atoms with Crippen molar-refractivity contribution < 1.29 is 39.9 Å². The first-order valence-electron chi connectivity index (χ1n) is 23.7. The molecule has 5 aromatic carbocycles. The number of rotatable bonds is 12. The molecule has 8 rings (SSSR count). The number of benzene rings is 5. The van der Waals surface area contributed by atoms with Crippen LogP contribution in [-0.2, 0) is 29.5 Å². The fourth-order valence-corrected chi connectivity index (χ4v) is 12.1. The molecule has 0 fully saturated rings. The largest absolute Gasteiger partial charge is 0.506 e. The number of hydrogen-bond acceptors (Lipinski definition) is 13. The lowest BCUT2D eigenvalue weighted by Gasteiger charge is -2.13. The Morgan fingerprint density at radius 2 is 1.01 bits per heavy atom. The van der Waals surface area contributed by atoms with Crippen LogP contribution < -0.4 is 5.32 Å². The van der Waals surface area contributed by atoms with Gasteiger partial charge in [0.25, 0.3) is 0 Å². The average molecular weight is 1070 g/mol. The normalized spacial score (nSPS) is 16.1. The number of ketones is 2. The summed E-state index contributed by atoms with van der Waals surface area (Å²) in [6.07, 6.45) is 6.10. The second-order valence-corrected chi connectivity index (χ2v) is 22.1. The SMILES string of the molecule is CC(=CC1=C(O)c2ccccc2S1(=O)=O)C=C1C(=O)c2ccccc2S1(=O)=O.CC(C=Nc1ccccc1)=CNc1ccccc1.CCN(CC)CC.CCN(CC)CC.Cl.O=C1CS(=O)(=O)c2ccccc21. The van der Waals surface area contributed by atoms with Crippen molar-refractivity contribution in [1.82, 2.24) is 9.80 Å². The van der Waals surface area contributed by atoms with Crippen LogP contribution in [-0.4, -0.2) is 103 Å². The summed E-state index contributed by atoms with van der Waals surface area (Å²) in [5, 5.41) is 13.6. The van der Waals surface area contributed by atoms with Crippen LogP contribution in [0, 0.1) is 0 Å². The molecular formula is C56H67ClN4O9S3. The van der Waals surface area contributed by atoms with Crippen molar-refractivity contribution in [3.05, 3.63) is 189 Å². The van der Waals surface area contributed by atoms with E-state index < -0.39 is 46.0 Å². The summed E-state index contributed by atoms with van der Waals surface area (Å²) < 4.78 is 73.1. The van der Waals surface area contributed by atoms with Gasteiger partial charge in [0.2, 0.25) is 25.5 Å². The highest BCUT2D eigenvalue weighted by Crippen LogP contribution is 2.39. The van der Waals surface area contributed by atoms with Gasteiger partial charge in [-0.05, 0) is 131 Å². The van der Waals surface area contributed by atoms with E-state index in [0.29, 0.717) is 5.56 Å². The molecule has 3 heterocycles. The maximum absolute atomic E-state index is 12.7. The van der Waals surface area contributed by atoms with Gasteiger partial charge in [0.05, 0.1) is 20.4 Å². The Labute approximate surface area is 439 Å². The summed E-state index contributed by atoms with van der Waals surface area (Å²) in [6, 6.07) is 38.2. The van der Waals surface area contributed by atoms with E-state index in [1.54, 1.807) is 36.4 Å². The van der Waals surface area contributed by atoms with Gasteiger partial charge >= 0.3 is 0 Å². The number of sulfone groups is 3. The minimum Gasteiger partial charge on any atom is -0.506 e. The lowest BCUT2D eigenvalue weighted by Crippen LogP contribution is -2.21. The van der Waals surface area contributed by atoms with E-state index in [2.05, 4.69) is 61.7 Å². The number of carbonyl (C=O) groups is 2. The fourth-order valence-electron chi connectivity index (χ4n) is 7.38. The summed E-state index contributed by atoms with van der Waals surface area (Å²) in [5.41, 5.74) is 3.92. The van der Waals surface area contributed by atoms with E-state index in [4.69, 9.17) is 0 Å². The Kier molecular flexibility index (Phi) is 24.1. The summed E-state index contributed by atoms with van der Waals surface area (Å²) in [5.74, 6) is -1.71. The number of carbonyl (C=O) groups excluding carboxylic acids is 2. The number of nitrogens with one attached hydrogen (secondary N) is 1. The Morgan fingerprint density at radius 1 is 0.575 bits per heavy atom. The maximum Gasteiger partial charge on any atom is 0.211 e. The molecule has 2 N–H and O–H groups in total.